The van der Waals surface area contributed by atoms with Crippen LogP contribution in [0, 0.1) is 34.5 Å². The Morgan fingerprint density at radius 2 is 1.04 bits per heavy atom. The first-order valence-corrected chi connectivity index (χ1v) is 53.1. The number of hydrogen-bond acceptors (Lipinski definition) is 27. The van der Waals surface area contributed by atoms with Crippen LogP contribution in [0.3, 0.4) is 0 Å². The van der Waals surface area contributed by atoms with Crippen LogP contribution in [0.4, 0.5) is 4.39 Å². The standard InChI is InChI=1S/C25H24FN5O.C22H22N4O.C22H26N4O.C18H18ClN3OS.C17H22N4OS.C11H12N4OS/c1-25(20-14-18(11-13-28-20)19-4-3-12-29-22(19)26)21(23(32)31(2)24(27)30-25)17-9-7-16(8-10-17)15-5-6-15;1-22(18-11-3-14(13-23)4-12-18)19(20(27)26(2)21(24)25-22)17-9-7-16(8-10-17)15-5-6-15;1-25-15-8-13-19(25)14-16-26-20(27)22(24-21(26)23,17-9-4-2-5-10-17)18-11-6-3-7-12-18;1-22-16(23)10-18(12-5-6-12,21-17(22)20)15-8-7-14(24-15)11-3-2-4-13(19)9-11;1-17(13-4-5-14-12(10-13)6-9-23-14)11-15(22)21(16(18)19-17)8-7-20(2)3;1-11(8-3-7(5-12)6-17-8)4-9(16)15(2)10(13)14-11/h3-4,7-15,21H,5-6H2,1-2H3,(H2,27,30);3-4,7-12,15,19H,5-6H2,1-2H3,(H2,24,25);2-7,9-12,19H,8,13-16H2,1H3,(H2,23,24);2-4,7-9,12H,5-6,10H2,1H3,(H2,20,21);4-6,9-10H,7-8,11H2,1-3H3,(H2,18,19);3,6H,4H2,1-2H3,(H2,13,14)/t21-,25+;19-,22+;;;17-;11-/m00..00/s1. The Balaban J connectivity index is 0.000000124. The number of carbonyl (C=O) groups excluding carboxylic acids is 6. The van der Waals surface area contributed by atoms with Crippen LogP contribution in [0.25, 0.3) is 31.7 Å². The molecule has 772 valence electrons. The Morgan fingerprint density at radius 3 is 1.59 bits per heavy atom. The van der Waals surface area contributed by atoms with Gasteiger partial charge >= 0.3 is 0 Å². The molecule has 0 radical (unpaired) electrons. The summed E-state index contributed by atoms with van der Waals surface area (Å²) in [5.74, 6) is 1.26. The Morgan fingerprint density at radius 1 is 0.473 bits per heavy atom. The Kier molecular flexibility index (Phi) is 31.2. The van der Waals surface area contributed by atoms with Crippen molar-refractivity contribution in [2.45, 2.75) is 168 Å². The van der Waals surface area contributed by atoms with Gasteiger partial charge in [-0.2, -0.15) is 14.9 Å². The lowest BCUT2D eigenvalue weighted by Crippen LogP contribution is -2.52. The van der Waals surface area contributed by atoms with E-state index in [1.165, 1.54) is 96.9 Å². The van der Waals surface area contributed by atoms with Gasteiger partial charge in [0.1, 0.15) is 28.2 Å². The number of nitrogens with two attached hydrogens (primary N) is 6. The highest BCUT2D eigenvalue weighted by Crippen LogP contribution is 2.56. The summed E-state index contributed by atoms with van der Waals surface area (Å²) in [6.45, 7) is 10.7. The largest absolute Gasteiger partial charge is 0.369 e. The SMILES string of the molecule is CN(C)CCN1C(=O)C[C@@](C)(c2ccc3sccc3c2)N=C1N.CN1C(=O)CC(c2ccc(-c3cccc(Cl)c3)s2)(C2CC2)N=C1N.CN1C(=O)C[C@@](C)(c2cc(C#N)cs2)N=C1N.CN1C(=O)[C@H](c2ccc(C3CC3)cc2)[C@@](C)(c2cc(-c3cccnc3F)ccn2)N=C1N.CN1C(=O)[C@H](c2ccc(C3CC3)cc2)[C@@](C)(c2ccc(C#N)cc2)N=C1N.CN1CCCC1CCN1C(=O)C(c2ccccc2)(c2ccccc2)N=C1N. The molecule has 3 aliphatic carbocycles. The molecule has 150 heavy (non-hydrogen) atoms. The van der Waals surface area contributed by atoms with Gasteiger partial charge in [0.05, 0.1) is 59.5 Å². The zero-order chi connectivity index (χ0) is 107. The number of aliphatic imine (C=N–C) groups is 6. The third-order valence-electron chi connectivity index (χ3n) is 30.1. The van der Waals surface area contributed by atoms with Crippen molar-refractivity contribution in [2.75, 3.05) is 75.5 Å². The van der Waals surface area contributed by atoms with Crippen molar-refractivity contribution in [3.63, 3.8) is 0 Å². The molecule has 4 fully saturated rings. The molecule has 5 aromatic heterocycles. The van der Waals surface area contributed by atoms with Gasteiger partial charge < -0.3 is 44.2 Å². The molecule has 7 aromatic carbocycles. The first-order valence-electron chi connectivity index (χ1n) is 50.2. The molecular formula is C115H124ClFN24O6S3. The number of amides is 6. The number of aromatic nitrogens is 2. The van der Waals surface area contributed by atoms with E-state index in [0.717, 1.165) is 91.0 Å². The third kappa shape index (κ3) is 22.2. The van der Waals surface area contributed by atoms with Gasteiger partial charge in [-0.1, -0.05) is 151 Å². The van der Waals surface area contributed by atoms with Gasteiger partial charge in [0.2, 0.25) is 35.5 Å². The molecule has 6 amide bonds. The average Bonchev–Trinajstić information content (AvgIpc) is 1.67. The maximum atomic E-state index is 14.3. The van der Waals surface area contributed by atoms with Gasteiger partial charge in [0.15, 0.2) is 41.3 Å². The van der Waals surface area contributed by atoms with Crippen LogP contribution in [0.2, 0.25) is 5.02 Å². The average molecular weight is 2090 g/mol. The van der Waals surface area contributed by atoms with Crippen LogP contribution in [-0.2, 0) is 62.0 Å². The van der Waals surface area contributed by atoms with E-state index in [-0.39, 0.29) is 59.7 Å². The number of hydrogen-bond donors (Lipinski definition) is 6. The lowest BCUT2D eigenvalue weighted by Gasteiger charge is -2.41. The van der Waals surface area contributed by atoms with Crippen LogP contribution in [0.1, 0.15) is 199 Å². The molecule has 0 bridgehead atoms. The van der Waals surface area contributed by atoms with Crippen molar-refractivity contribution in [3.8, 4) is 33.7 Å². The molecule has 30 nitrogen and oxygen atoms in total. The van der Waals surface area contributed by atoms with Crippen LogP contribution < -0.4 is 34.4 Å². The van der Waals surface area contributed by atoms with Crippen LogP contribution in [0.15, 0.2) is 278 Å². The number of thiophene rings is 3. The topological polar surface area (TPSA) is 432 Å². The van der Waals surface area contributed by atoms with E-state index in [9.17, 15) is 33.2 Å². The van der Waals surface area contributed by atoms with Gasteiger partial charge in [-0.05, 0) is 282 Å². The summed E-state index contributed by atoms with van der Waals surface area (Å²) in [7, 11) is 12.7. The normalized spacial score (nSPS) is 23.5. The second-order valence-corrected chi connectivity index (χ2v) is 44.2. The zero-order valence-corrected chi connectivity index (χ0v) is 89.1. The highest BCUT2D eigenvalue weighted by Gasteiger charge is 2.55. The van der Waals surface area contributed by atoms with E-state index in [0.29, 0.717) is 95.6 Å². The Bertz CT molecular complexity index is 7340. The fourth-order valence-corrected chi connectivity index (χ4v) is 23.7. The molecule has 3 saturated carbocycles. The van der Waals surface area contributed by atoms with E-state index in [1.54, 1.807) is 115 Å². The number of pyridine rings is 2. The number of likely N-dealkylation sites (N-methyl/N-ethyl adjacent to an activating group) is 3. The predicted molar refractivity (Wildman–Crippen MR) is 591 cm³/mol. The molecule has 8 atom stereocenters. The first kappa shape index (κ1) is 106. The highest BCUT2D eigenvalue weighted by molar-refractivity contribution is 7.17. The summed E-state index contributed by atoms with van der Waals surface area (Å²) in [4.78, 5) is 130. The summed E-state index contributed by atoms with van der Waals surface area (Å²) in [5.41, 5.74) is 43.4. The summed E-state index contributed by atoms with van der Waals surface area (Å²) in [6.07, 6.45) is 14.4. The maximum absolute atomic E-state index is 14.3. The first-order chi connectivity index (χ1) is 71.8. The van der Waals surface area contributed by atoms with Crippen molar-refractivity contribution in [3.05, 3.63) is 330 Å². The Labute approximate surface area is 890 Å². The maximum Gasteiger partial charge on any atom is 0.266 e. The minimum atomic E-state index is -1.09. The van der Waals surface area contributed by atoms with E-state index >= 15 is 0 Å². The number of nitriles is 2. The molecule has 35 heteroatoms. The number of likely N-dealkylation sites (tertiary alicyclic amines) is 1. The Hall–Kier alpha value is -15.0. The van der Waals surface area contributed by atoms with Crippen molar-refractivity contribution in [1.29, 1.82) is 10.5 Å². The predicted octanol–water partition coefficient (Wildman–Crippen LogP) is 16.8. The molecular weight excluding hydrogens is 1960 g/mol. The smallest absolute Gasteiger partial charge is 0.266 e. The molecule has 7 aliphatic heterocycles. The number of fused-ring (bicyclic) bond motifs is 1. The van der Waals surface area contributed by atoms with Crippen molar-refractivity contribution in [1.82, 2.24) is 49.2 Å². The lowest BCUT2D eigenvalue weighted by molar-refractivity contribution is -0.131. The third-order valence-corrected chi connectivity index (χ3v) is 33.7. The van der Waals surface area contributed by atoms with Crippen molar-refractivity contribution in [2.24, 2.45) is 70.3 Å². The molecule has 12 N–H and O–H groups in total. The molecule has 1 saturated heterocycles. The fraction of sp³-hybridized carbons (Fsp3) is 0.339. The number of halogens is 2. The van der Waals surface area contributed by atoms with Gasteiger partial charge in [-0.3, -0.25) is 63.2 Å². The number of guanidine groups is 6. The molecule has 12 heterocycles. The number of nitrogens with zero attached hydrogens (tertiary/aromatic N) is 18. The van der Waals surface area contributed by atoms with E-state index in [1.807, 2.05) is 168 Å². The second-order valence-electron chi connectivity index (χ2n) is 40.8. The van der Waals surface area contributed by atoms with Gasteiger partial charge in [0, 0.05) is 102 Å². The van der Waals surface area contributed by atoms with Gasteiger partial charge in [0.25, 0.3) is 5.91 Å². The molecule has 10 aliphatic rings. The number of carbonyl (C=O) groups is 6. The lowest BCUT2D eigenvalue weighted by atomic mass is 9.74. The molecule has 0 spiro atoms. The van der Waals surface area contributed by atoms with E-state index in [2.05, 4.69) is 110 Å². The monoisotopic (exact) mass is 2090 g/mol. The fourth-order valence-electron chi connectivity index (χ4n) is 20.6. The van der Waals surface area contributed by atoms with Crippen LogP contribution in [-0.4, -0.2) is 202 Å². The molecule has 22 rings (SSSR count). The van der Waals surface area contributed by atoms with Crippen LogP contribution >= 0.6 is 45.6 Å². The van der Waals surface area contributed by atoms with Crippen molar-refractivity contribution >= 4 is 127 Å². The number of rotatable bonds is 20. The minimum Gasteiger partial charge on any atom is -0.369 e. The van der Waals surface area contributed by atoms with Crippen LogP contribution in [0.5, 0.6) is 0 Å². The summed E-state index contributed by atoms with van der Waals surface area (Å²) < 4.78 is 15.6. The number of benzene rings is 7. The highest BCUT2D eigenvalue weighted by atomic mass is 35.5. The quantitative estimate of drug-likeness (QED) is 0.0386. The second kappa shape index (κ2) is 44.0. The summed E-state index contributed by atoms with van der Waals surface area (Å²) >= 11 is 10.9. The van der Waals surface area contributed by atoms with Crippen molar-refractivity contribution < 1.29 is 33.2 Å². The van der Waals surface area contributed by atoms with E-state index < -0.39 is 51.0 Å². The summed E-state index contributed by atoms with van der Waals surface area (Å²) in [5, 5.41) is 23.6. The minimum absolute atomic E-state index is 0.0344. The van der Waals surface area contributed by atoms with E-state index in [4.69, 9.17) is 76.5 Å². The van der Waals surface area contributed by atoms with Gasteiger partial charge in [-0.15, -0.1) is 34.0 Å². The molecule has 2 unspecified atom stereocenters. The van der Waals surface area contributed by atoms with Gasteiger partial charge in [-0.25, -0.2) is 34.9 Å². The zero-order valence-electron chi connectivity index (χ0n) is 85.9. The summed E-state index contributed by atoms with van der Waals surface area (Å²) in [6, 6.07) is 76.9. The molecule has 12 aromatic rings.